The minimum absolute atomic E-state index is 0.335. The van der Waals surface area contributed by atoms with Gasteiger partial charge < -0.3 is 10.4 Å². The Balaban J connectivity index is 1.47. The molecule has 0 radical (unpaired) electrons. The molecule has 2 N–H and O–H groups in total. The summed E-state index contributed by atoms with van der Waals surface area (Å²) in [6.45, 7) is 0.890. The molecule has 2 heteroatoms. The van der Waals surface area contributed by atoms with Gasteiger partial charge in [0.1, 0.15) is 5.75 Å². The normalized spacial score (nSPS) is 22.1. The molecule has 0 unspecified atom stereocenters. The second kappa shape index (κ2) is 6.77. The largest absolute Gasteiger partial charge is 0.508 e. The highest BCUT2D eigenvalue weighted by Gasteiger charge is 2.21. The Morgan fingerprint density at radius 1 is 0.857 bits per heavy atom. The van der Waals surface area contributed by atoms with Gasteiger partial charge in [-0.15, -0.1) is 0 Å². The van der Waals surface area contributed by atoms with Crippen molar-refractivity contribution >= 4 is 0 Å². The predicted molar refractivity (Wildman–Crippen MR) is 86.4 cm³/mol. The first-order chi connectivity index (χ1) is 10.3. The monoisotopic (exact) mass is 281 g/mol. The number of hydrogen-bond donors (Lipinski definition) is 2. The topological polar surface area (TPSA) is 32.3 Å². The van der Waals surface area contributed by atoms with Crippen LogP contribution in [0.4, 0.5) is 0 Å². The predicted octanol–water partition coefficient (Wildman–Crippen LogP) is 4.21. The van der Waals surface area contributed by atoms with Crippen molar-refractivity contribution < 1.29 is 5.11 Å². The summed E-state index contributed by atoms with van der Waals surface area (Å²) in [6, 6.07) is 19.0. The first-order valence-electron chi connectivity index (χ1n) is 7.87. The summed E-state index contributed by atoms with van der Waals surface area (Å²) in [4.78, 5) is 0. The van der Waals surface area contributed by atoms with E-state index >= 15 is 0 Å². The SMILES string of the molecule is Oc1ccc(CNC2CCC(c3ccccc3)CC2)cc1. The number of phenols is 1. The van der Waals surface area contributed by atoms with Gasteiger partial charge >= 0.3 is 0 Å². The number of hydrogen-bond acceptors (Lipinski definition) is 2. The Morgan fingerprint density at radius 3 is 2.19 bits per heavy atom. The maximum atomic E-state index is 9.29. The molecule has 21 heavy (non-hydrogen) atoms. The van der Waals surface area contributed by atoms with Gasteiger partial charge in [0.2, 0.25) is 0 Å². The van der Waals surface area contributed by atoms with Crippen molar-refractivity contribution in [1.82, 2.24) is 5.32 Å². The van der Waals surface area contributed by atoms with Crippen molar-refractivity contribution in [2.24, 2.45) is 0 Å². The van der Waals surface area contributed by atoms with E-state index in [9.17, 15) is 5.11 Å². The van der Waals surface area contributed by atoms with E-state index in [-0.39, 0.29) is 0 Å². The van der Waals surface area contributed by atoms with Crippen LogP contribution in [0.15, 0.2) is 54.6 Å². The van der Waals surface area contributed by atoms with Gasteiger partial charge in [-0.2, -0.15) is 0 Å². The molecule has 3 rings (SSSR count). The van der Waals surface area contributed by atoms with Gasteiger partial charge in [0.15, 0.2) is 0 Å². The van der Waals surface area contributed by atoms with Crippen molar-refractivity contribution in [2.75, 3.05) is 0 Å². The fourth-order valence-electron chi connectivity index (χ4n) is 3.23. The van der Waals surface area contributed by atoms with Gasteiger partial charge in [0, 0.05) is 12.6 Å². The van der Waals surface area contributed by atoms with Crippen LogP contribution in [0.25, 0.3) is 0 Å². The zero-order chi connectivity index (χ0) is 14.5. The average molecular weight is 281 g/mol. The van der Waals surface area contributed by atoms with Crippen molar-refractivity contribution in [2.45, 2.75) is 44.2 Å². The third-order valence-electron chi connectivity index (χ3n) is 4.53. The second-order valence-corrected chi connectivity index (χ2v) is 6.01. The number of aromatic hydroxyl groups is 1. The molecule has 1 aliphatic rings. The lowest BCUT2D eigenvalue weighted by Crippen LogP contribution is -2.32. The van der Waals surface area contributed by atoms with E-state index in [2.05, 4.69) is 35.6 Å². The number of nitrogens with one attached hydrogen (secondary N) is 1. The summed E-state index contributed by atoms with van der Waals surface area (Å²) in [5.74, 6) is 1.07. The van der Waals surface area contributed by atoms with Crippen molar-refractivity contribution in [1.29, 1.82) is 0 Å². The first kappa shape index (κ1) is 14.2. The minimum atomic E-state index is 0.335. The van der Waals surface area contributed by atoms with Gasteiger partial charge in [-0.3, -0.25) is 0 Å². The van der Waals surface area contributed by atoms with E-state index in [4.69, 9.17) is 0 Å². The lowest BCUT2D eigenvalue weighted by molar-refractivity contribution is 0.341. The Labute approximate surface area is 126 Å². The van der Waals surface area contributed by atoms with Gasteiger partial charge in [0.25, 0.3) is 0 Å². The molecule has 0 bridgehead atoms. The third kappa shape index (κ3) is 3.85. The fraction of sp³-hybridized carbons (Fsp3) is 0.368. The summed E-state index contributed by atoms with van der Waals surface area (Å²) < 4.78 is 0. The average Bonchev–Trinajstić information content (AvgIpc) is 2.56. The van der Waals surface area contributed by atoms with Crippen LogP contribution in [0.5, 0.6) is 5.75 Å². The summed E-state index contributed by atoms with van der Waals surface area (Å²) in [5.41, 5.74) is 2.73. The number of rotatable bonds is 4. The quantitative estimate of drug-likeness (QED) is 0.880. The molecule has 0 atom stereocenters. The first-order valence-corrected chi connectivity index (χ1v) is 7.87. The van der Waals surface area contributed by atoms with Crippen LogP contribution < -0.4 is 5.32 Å². The molecule has 1 aliphatic carbocycles. The molecular formula is C19H23NO. The zero-order valence-corrected chi connectivity index (χ0v) is 12.3. The maximum Gasteiger partial charge on any atom is 0.115 e. The van der Waals surface area contributed by atoms with Crippen LogP contribution in [-0.2, 0) is 6.54 Å². The highest BCUT2D eigenvalue weighted by Crippen LogP contribution is 2.32. The summed E-state index contributed by atoms with van der Waals surface area (Å²) in [6.07, 6.45) is 5.05. The van der Waals surface area contributed by atoms with Crippen molar-refractivity contribution in [3.05, 3.63) is 65.7 Å². The molecule has 0 spiro atoms. The van der Waals surface area contributed by atoms with E-state index in [1.807, 2.05) is 12.1 Å². The van der Waals surface area contributed by atoms with Crippen LogP contribution in [0, 0.1) is 0 Å². The molecule has 2 aromatic rings. The molecule has 1 saturated carbocycles. The Kier molecular flexibility index (Phi) is 4.56. The summed E-state index contributed by atoms with van der Waals surface area (Å²) in [5, 5.41) is 12.9. The zero-order valence-electron chi connectivity index (χ0n) is 12.3. The molecule has 1 fully saturated rings. The Morgan fingerprint density at radius 2 is 1.52 bits per heavy atom. The van der Waals surface area contributed by atoms with Crippen molar-refractivity contribution in [3.63, 3.8) is 0 Å². The number of benzene rings is 2. The maximum absolute atomic E-state index is 9.29. The molecule has 0 aromatic heterocycles. The molecule has 2 nitrogen and oxygen atoms in total. The van der Waals surface area contributed by atoms with Crippen LogP contribution in [0.2, 0.25) is 0 Å². The van der Waals surface area contributed by atoms with Crippen molar-refractivity contribution in [3.8, 4) is 5.75 Å². The molecule has 0 amide bonds. The molecular weight excluding hydrogens is 258 g/mol. The molecule has 2 aromatic carbocycles. The molecule has 0 aliphatic heterocycles. The molecule has 0 saturated heterocycles. The van der Waals surface area contributed by atoms with E-state index < -0.39 is 0 Å². The van der Waals surface area contributed by atoms with Gasteiger partial charge in [-0.1, -0.05) is 42.5 Å². The van der Waals surface area contributed by atoms with E-state index in [1.54, 1.807) is 12.1 Å². The van der Waals surface area contributed by atoms with Crippen LogP contribution in [0.1, 0.15) is 42.7 Å². The van der Waals surface area contributed by atoms with Crippen LogP contribution >= 0.6 is 0 Å². The van der Waals surface area contributed by atoms with E-state index in [0.29, 0.717) is 11.8 Å². The lowest BCUT2D eigenvalue weighted by atomic mass is 9.82. The minimum Gasteiger partial charge on any atom is -0.508 e. The molecule has 110 valence electrons. The lowest BCUT2D eigenvalue weighted by Gasteiger charge is -2.29. The van der Waals surface area contributed by atoms with Gasteiger partial charge in [-0.25, -0.2) is 0 Å². The third-order valence-corrected chi connectivity index (χ3v) is 4.53. The highest BCUT2D eigenvalue weighted by molar-refractivity contribution is 5.25. The standard InChI is InChI=1S/C19H23NO/c21-19-12-6-15(7-13-19)14-20-18-10-8-17(9-11-18)16-4-2-1-3-5-16/h1-7,12-13,17-18,20-21H,8-11,14H2. The Hall–Kier alpha value is -1.80. The van der Waals surface area contributed by atoms with Crippen LogP contribution in [-0.4, -0.2) is 11.1 Å². The fourth-order valence-corrected chi connectivity index (χ4v) is 3.23. The second-order valence-electron chi connectivity index (χ2n) is 6.01. The Bertz CT molecular complexity index is 542. The summed E-state index contributed by atoms with van der Waals surface area (Å²) >= 11 is 0. The van der Waals surface area contributed by atoms with E-state index in [0.717, 1.165) is 12.5 Å². The van der Waals surface area contributed by atoms with E-state index in [1.165, 1.54) is 36.8 Å². The molecule has 0 heterocycles. The van der Waals surface area contributed by atoms with Crippen LogP contribution in [0.3, 0.4) is 0 Å². The number of phenolic OH excluding ortho intramolecular Hbond substituents is 1. The highest BCUT2D eigenvalue weighted by atomic mass is 16.3. The summed E-state index contributed by atoms with van der Waals surface area (Å²) in [7, 11) is 0. The smallest absolute Gasteiger partial charge is 0.115 e. The van der Waals surface area contributed by atoms with Gasteiger partial charge in [0.05, 0.1) is 0 Å². The van der Waals surface area contributed by atoms with Gasteiger partial charge in [-0.05, 0) is 54.9 Å².